The first kappa shape index (κ1) is 24.0. The highest BCUT2D eigenvalue weighted by Crippen LogP contribution is 2.22. The molecular formula is C18H29IN6O2S2. The minimum atomic E-state index is -3.49. The molecule has 2 aromatic rings. The van der Waals surface area contributed by atoms with Gasteiger partial charge in [-0.2, -0.15) is 0 Å². The maximum atomic E-state index is 12.3. The Morgan fingerprint density at radius 1 is 1.24 bits per heavy atom. The Kier molecular flexibility index (Phi) is 9.24. The Morgan fingerprint density at radius 2 is 2.00 bits per heavy atom. The smallest absolute Gasteiger partial charge is 0.242 e. The van der Waals surface area contributed by atoms with E-state index in [-0.39, 0.29) is 35.4 Å². The molecule has 1 saturated heterocycles. The number of halogens is 1. The van der Waals surface area contributed by atoms with E-state index in [2.05, 4.69) is 42.3 Å². The van der Waals surface area contributed by atoms with Crippen LogP contribution in [-0.2, 0) is 17.1 Å². The summed E-state index contributed by atoms with van der Waals surface area (Å²) in [6.07, 6.45) is 3.30. The lowest BCUT2D eigenvalue weighted by Gasteiger charge is -2.37. The van der Waals surface area contributed by atoms with Crippen LogP contribution in [0.1, 0.15) is 6.92 Å². The first-order chi connectivity index (χ1) is 13.5. The van der Waals surface area contributed by atoms with Gasteiger partial charge in [0, 0.05) is 58.7 Å². The number of rotatable bonds is 7. The van der Waals surface area contributed by atoms with Gasteiger partial charge in [0.15, 0.2) is 5.96 Å². The zero-order valence-electron chi connectivity index (χ0n) is 16.7. The molecule has 3 heterocycles. The number of aryl methyl sites for hydroxylation is 1. The molecule has 0 amide bonds. The highest BCUT2D eigenvalue weighted by Gasteiger charge is 2.20. The zero-order valence-corrected chi connectivity index (χ0v) is 20.7. The molecule has 0 spiro atoms. The van der Waals surface area contributed by atoms with Gasteiger partial charge in [-0.05, 0) is 30.5 Å². The lowest BCUT2D eigenvalue weighted by molar-refractivity contribution is 0.373. The average molecular weight is 553 g/mol. The predicted molar refractivity (Wildman–Crippen MR) is 130 cm³/mol. The second-order valence-corrected chi connectivity index (χ2v) is 9.26. The van der Waals surface area contributed by atoms with Crippen molar-refractivity contribution in [3.05, 3.63) is 36.0 Å². The number of anilines is 1. The minimum absolute atomic E-state index is 0. The third-order valence-corrected chi connectivity index (χ3v) is 6.89. The fraction of sp³-hybridized carbons (Fsp3) is 0.500. The predicted octanol–water partition coefficient (Wildman–Crippen LogP) is 1.77. The summed E-state index contributed by atoms with van der Waals surface area (Å²) in [5.74, 6) is 0.840. The van der Waals surface area contributed by atoms with E-state index in [1.165, 1.54) is 5.00 Å². The van der Waals surface area contributed by atoms with Crippen LogP contribution in [0.15, 0.2) is 45.9 Å². The Bertz CT molecular complexity index is 874. The van der Waals surface area contributed by atoms with Crippen LogP contribution in [0.4, 0.5) is 5.00 Å². The Labute approximate surface area is 194 Å². The third kappa shape index (κ3) is 6.59. The fourth-order valence-corrected chi connectivity index (χ4v) is 4.93. The first-order valence-electron chi connectivity index (χ1n) is 9.43. The van der Waals surface area contributed by atoms with E-state index in [1.807, 2.05) is 6.92 Å². The number of guanidine groups is 1. The number of nitrogens with zero attached hydrogens (tertiary/aromatic N) is 4. The zero-order chi connectivity index (χ0) is 20.0. The van der Waals surface area contributed by atoms with Crippen LogP contribution < -0.4 is 14.9 Å². The second kappa shape index (κ2) is 11.2. The van der Waals surface area contributed by atoms with Crippen molar-refractivity contribution in [3.63, 3.8) is 0 Å². The van der Waals surface area contributed by atoms with Crippen LogP contribution in [0.3, 0.4) is 0 Å². The number of aliphatic imine (C=N–C) groups is 1. The highest BCUT2D eigenvalue weighted by molar-refractivity contribution is 14.0. The van der Waals surface area contributed by atoms with Crippen molar-refractivity contribution in [1.82, 2.24) is 19.5 Å². The number of hydrogen-bond acceptors (Lipinski definition) is 5. The molecule has 11 heteroatoms. The largest absolute Gasteiger partial charge is 0.360 e. The minimum Gasteiger partial charge on any atom is -0.360 e. The van der Waals surface area contributed by atoms with Gasteiger partial charge in [-0.3, -0.25) is 4.99 Å². The monoisotopic (exact) mass is 552 g/mol. The lowest BCUT2D eigenvalue weighted by Crippen LogP contribution is -2.52. The van der Waals surface area contributed by atoms with Gasteiger partial charge in [-0.15, -0.1) is 35.3 Å². The quantitative estimate of drug-likeness (QED) is 0.237. The molecule has 0 aliphatic carbocycles. The molecular weight excluding hydrogens is 523 g/mol. The molecule has 2 N–H and O–H groups in total. The molecule has 1 aliphatic heterocycles. The van der Waals surface area contributed by atoms with E-state index in [1.54, 1.807) is 41.4 Å². The summed E-state index contributed by atoms with van der Waals surface area (Å²) >= 11 is 1.76. The van der Waals surface area contributed by atoms with Crippen molar-refractivity contribution in [2.24, 2.45) is 12.0 Å². The molecule has 3 rings (SSSR count). The molecule has 1 aliphatic rings. The van der Waals surface area contributed by atoms with E-state index in [9.17, 15) is 8.42 Å². The Morgan fingerprint density at radius 3 is 2.59 bits per heavy atom. The standard InChI is InChI=1S/C18H28N6O2S2.HI/c1-3-19-18(24-12-10-23(11-13-24)17-5-4-14-27-17)20-7-8-21-28(25,26)16-6-9-22(2)15-16;/h4-6,9,14-15,21H,3,7-8,10-13H2,1-2H3,(H,19,20);1H. The van der Waals surface area contributed by atoms with Gasteiger partial charge in [-0.25, -0.2) is 13.1 Å². The van der Waals surface area contributed by atoms with Crippen molar-refractivity contribution >= 4 is 56.3 Å². The van der Waals surface area contributed by atoms with E-state index >= 15 is 0 Å². The molecule has 29 heavy (non-hydrogen) atoms. The van der Waals surface area contributed by atoms with Crippen molar-refractivity contribution in [2.75, 3.05) is 50.7 Å². The molecule has 162 valence electrons. The SMILES string of the molecule is CCNC(=NCCNS(=O)(=O)c1ccn(C)c1)N1CCN(c2cccs2)CC1.I. The summed E-state index contributed by atoms with van der Waals surface area (Å²) in [5, 5.41) is 6.72. The van der Waals surface area contributed by atoms with Crippen molar-refractivity contribution in [3.8, 4) is 0 Å². The molecule has 2 aromatic heterocycles. The van der Waals surface area contributed by atoms with E-state index < -0.39 is 10.0 Å². The summed E-state index contributed by atoms with van der Waals surface area (Å²) in [6.45, 7) is 7.14. The van der Waals surface area contributed by atoms with Gasteiger partial charge in [0.1, 0.15) is 0 Å². The third-order valence-electron chi connectivity index (χ3n) is 4.51. The van der Waals surface area contributed by atoms with Crippen molar-refractivity contribution in [2.45, 2.75) is 11.8 Å². The van der Waals surface area contributed by atoms with Crippen LogP contribution in [0.5, 0.6) is 0 Å². The molecule has 0 unspecified atom stereocenters. The summed E-state index contributed by atoms with van der Waals surface area (Å²) in [4.78, 5) is 9.51. The Balaban J connectivity index is 0.00000300. The molecule has 0 saturated carbocycles. The number of thiophene rings is 1. The van der Waals surface area contributed by atoms with Gasteiger partial charge in [0.2, 0.25) is 10.0 Å². The van der Waals surface area contributed by atoms with Crippen LogP contribution >= 0.6 is 35.3 Å². The molecule has 8 nitrogen and oxygen atoms in total. The van der Waals surface area contributed by atoms with Crippen LogP contribution in [0, 0.1) is 0 Å². The molecule has 0 bridgehead atoms. The number of aromatic nitrogens is 1. The maximum Gasteiger partial charge on any atom is 0.242 e. The summed E-state index contributed by atoms with van der Waals surface area (Å²) in [7, 11) is -1.69. The van der Waals surface area contributed by atoms with E-state index in [0.717, 1.165) is 38.7 Å². The van der Waals surface area contributed by atoms with Gasteiger partial charge < -0.3 is 19.7 Å². The first-order valence-corrected chi connectivity index (χ1v) is 11.8. The average Bonchev–Trinajstić information content (AvgIpc) is 3.36. The summed E-state index contributed by atoms with van der Waals surface area (Å²) in [5.41, 5.74) is 0. The van der Waals surface area contributed by atoms with Gasteiger partial charge in [0.05, 0.1) is 16.4 Å². The molecule has 0 aromatic carbocycles. The topological polar surface area (TPSA) is 82.0 Å². The highest BCUT2D eigenvalue weighted by atomic mass is 127. The van der Waals surface area contributed by atoms with E-state index in [0.29, 0.717) is 6.54 Å². The Hall–Kier alpha value is -1.31. The van der Waals surface area contributed by atoms with Crippen molar-refractivity contribution in [1.29, 1.82) is 0 Å². The lowest BCUT2D eigenvalue weighted by atomic mass is 10.3. The van der Waals surface area contributed by atoms with Crippen LogP contribution in [0.25, 0.3) is 0 Å². The maximum absolute atomic E-state index is 12.3. The van der Waals surface area contributed by atoms with Crippen LogP contribution in [0.2, 0.25) is 0 Å². The number of piperazine rings is 1. The van der Waals surface area contributed by atoms with Gasteiger partial charge in [0.25, 0.3) is 0 Å². The second-order valence-electron chi connectivity index (χ2n) is 6.57. The molecule has 1 fully saturated rings. The normalized spacial score (nSPS) is 15.3. The van der Waals surface area contributed by atoms with Gasteiger partial charge in [-0.1, -0.05) is 0 Å². The number of sulfonamides is 1. The molecule has 0 radical (unpaired) electrons. The number of nitrogens with one attached hydrogen (secondary N) is 2. The summed E-state index contributed by atoms with van der Waals surface area (Å²) in [6, 6.07) is 5.82. The van der Waals surface area contributed by atoms with Gasteiger partial charge >= 0.3 is 0 Å². The summed E-state index contributed by atoms with van der Waals surface area (Å²) < 4.78 is 28.9. The van der Waals surface area contributed by atoms with Crippen molar-refractivity contribution < 1.29 is 8.42 Å². The molecule has 0 atom stereocenters. The number of hydrogen-bond donors (Lipinski definition) is 2. The van der Waals surface area contributed by atoms with E-state index in [4.69, 9.17) is 0 Å². The fourth-order valence-electron chi connectivity index (χ4n) is 3.08. The van der Waals surface area contributed by atoms with Crippen LogP contribution in [-0.4, -0.2) is 69.7 Å².